The van der Waals surface area contributed by atoms with Crippen LogP contribution in [0.3, 0.4) is 0 Å². The molecule has 13 heavy (non-hydrogen) atoms. The van der Waals surface area contributed by atoms with Crippen molar-refractivity contribution in [3.05, 3.63) is 40.9 Å². The van der Waals surface area contributed by atoms with Crippen LogP contribution in [0.5, 0.6) is 5.75 Å². The van der Waals surface area contributed by atoms with Gasteiger partial charge in [0, 0.05) is 6.04 Å². The average Bonchev–Trinajstić information content (AvgIpc) is 2.10. The molecule has 0 saturated heterocycles. The summed E-state index contributed by atoms with van der Waals surface area (Å²) < 4.78 is 0.671. The minimum Gasteiger partial charge on any atom is -0.507 e. The van der Waals surface area contributed by atoms with Crippen molar-refractivity contribution in [2.75, 3.05) is 0 Å². The van der Waals surface area contributed by atoms with E-state index in [4.69, 9.17) is 5.73 Å². The van der Waals surface area contributed by atoms with Gasteiger partial charge in [-0.15, -0.1) is 6.58 Å². The van der Waals surface area contributed by atoms with Crippen molar-refractivity contribution in [1.82, 2.24) is 0 Å². The van der Waals surface area contributed by atoms with E-state index in [9.17, 15) is 5.11 Å². The molecule has 1 aromatic rings. The first kappa shape index (κ1) is 10.3. The predicted octanol–water partition coefficient (Wildman–Crippen LogP) is 2.73. The molecule has 2 nitrogen and oxygen atoms in total. The van der Waals surface area contributed by atoms with Crippen molar-refractivity contribution in [2.24, 2.45) is 5.73 Å². The number of phenols is 1. The van der Waals surface area contributed by atoms with Crippen LogP contribution in [-0.2, 0) is 0 Å². The van der Waals surface area contributed by atoms with Gasteiger partial charge < -0.3 is 10.8 Å². The topological polar surface area (TPSA) is 46.2 Å². The molecule has 0 aliphatic rings. The van der Waals surface area contributed by atoms with E-state index in [-0.39, 0.29) is 11.8 Å². The second-order valence-electron chi connectivity index (χ2n) is 2.84. The predicted molar refractivity (Wildman–Crippen MR) is 57.5 cm³/mol. The van der Waals surface area contributed by atoms with Crippen LogP contribution in [0.2, 0.25) is 0 Å². The van der Waals surface area contributed by atoms with E-state index >= 15 is 0 Å². The maximum atomic E-state index is 9.25. The summed E-state index contributed by atoms with van der Waals surface area (Å²) in [6.07, 6.45) is 2.52. The fourth-order valence-corrected chi connectivity index (χ4v) is 1.47. The van der Waals surface area contributed by atoms with E-state index in [1.807, 2.05) is 12.1 Å². The molecule has 1 aromatic carbocycles. The quantitative estimate of drug-likeness (QED) is 0.800. The Kier molecular flexibility index (Phi) is 3.51. The number of aromatic hydroxyl groups is 1. The van der Waals surface area contributed by atoms with Gasteiger partial charge in [0.25, 0.3) is 0 Å². The Morgan fingerprint density at radius 3 is 2.85 bits per heavy atom. The first-order valence-electron chi connectivity index (χ1n) is 4.00. The van der Waals surface area contributed by atoms with Crippen LogP contribution in [0, 0.1) is 0 Å². The Labute approximate surface area is 86.2 Å². The molecular weight excluding hydrogens is 230 g/mol. The van der Waals surface area contributed by atoms with Gasteiger partial charge in [-0.2, -0.15) is 0 Å². The smallest absolute Gasteiger partial charge is 0.129 e. The number of phenolic OH excluding ortho intramolecular Hbond substituents is 1. The van der Waals surface area contributed by atoms with Crippen LogP contribution >= 0.6 is 15.9 Å². The fourth-order valence-electron chi connectivity index (χ4n) is 1.07. The zero-order valence-electron chi connectivity index (χ0n) is 7.20. The summed E-state index contributed by atoms with van der Waals surface area (Å²) in [4.78, 5) is 0. The molecule has 3 N–H and O–H groups in total. The van der Waals surface area contributed by atoms with Crippen LogP contribution < -0.4 is 5.73 Å². The van der Waals surface area contributed by atoms with Gasteiger partial charge in [-0.3, -0.25) is 0 Å². The highest BCUT2D eigenvalue weighted by molar-refractivity contribution is 9.10. The van der Waals surface area contributed by atoms with E-state index in [1.165, 1.54) is 0 Å². The van der Waals surface area contributed by atoms with Crippen LogP contribution in [0.25, 0.3) is 0 Å². The third kappa shape index (κ3) is 2.57. The zero-order chi connectivity index (χ0) is 9.84. The van der Waals surface area contributed by atoms with E-state index in [0.29, 0.717) is 4.47 Å². The van der Waals surface area contributed by atoms with Gasteiger partial charge in [0.1, 0.15) is 5.75 Å². The second-order valence-corrected chi connectivity index (χ2v) is 3.70. The molecule has 0 heterocycles. The van der Waals surface area contributed by atoms with E-state index in [0.717, 1.165) is 12.0 Å². The molecule has 0 radical (unpaired) electrons. The van der Waals surface area contributed by atoms with E-state index in [2.05, 4.69) is 22.5 Å². The maximum Gasteiger partial charge on any atom is 0.129 e. The van der Waals surface area contributed by atoms with Crippen LogP contribution in [-0.4, -0.2) is 5.11 Å². The Hall–Kier alpha value is -0.800. The normalized spacial score (nSPS) is 12.5. The monoisotopic (exact) mass is 241 g/mol. The second kappa shape index (κ2) is 4.44. The number of halogens is 1. The van der Waals surface area contributed by atoms with E-state index < -0.39 is 0 Å². The van der Waals surface area contributed by atoms with Crippen molar-refractivity contribution in [2.45, 2.75) is 12.5 Å². The lowest BCUT2D eigenvalue weighted by Gasteiger charge is -2.09. The highest BCUT2D eigenvalue weighted by Gasteiger charge is 2.05. The van der Waals surface area contributed by atoms with Crippen LogP contribution in [0.4, 0.5) is 0 Å². The van der Waals surface area contributed by atoms with Crippen molar-refractivity contribution in [1.29, 1.82) is 0 Å². The molecule has 3 heteroatoms. The molecule has 1 rings (SSSR count). The lowest BCUT2D eigenvalue weighted by atomic mass is 10.1. The van der Waals surface area contributed by atoms with Gasteiger partial charge in [-0.25, -0.2) is 0 Å². The SMILES string of the molecule is C=CCC(N)c1ccc(O)c(Br)c1. The van der Waals surface area contributed by atoms with Gasteiger partial charge in [-0.1, -0.05) is 12.1 Å². The summed E-state index contributed by atoms with van der Waals surface area (Å²) in [6.45, 7) is 3.63. The average molecular weight is 242 g/mol. The zero-order valence-corrected chi connectivity index (χ0v) is 8.79. The molecule has 0 bridgehead atoms. The molecule has 1 unspecified atom stereocenters. The summed E-state index contributed by atoms with van der Waals surface area (Å²) in [5, 5.41) is 9.25. The van der Waals surface area contributed by atoms with Gasteiger partial charge in [0.2, 0.25) is 0 Å². The first-order chi connectivity index (χ1) is 6.15. The van der Waals surface area contributed by atoms with Gasteiger partial charge in [0.05, 0.1) is 4.47 Å². The lowest BCUT2D eigenvalue weighted by Crippen LogP contribution is -2.08. The molecule has 1 atom stereocenters. The highest BCUT2D eigenvalue weighted by atomic mass is 79.9. The van der Waals surface area contributed by atoms with Gasteiger partial charge in [0.15, 0.2) is 0 Å². The third-order valence-electron chi connectivity index (χ3n) is 1.82. The van der Waals surface area contributed by atoms with Gasteiger partial charge in [-0.05, 0) is 40.0 Å². The first-order valence-corrected chi connectivity index (χ1v) is 4.79. The van der Waals surface area contributed by atoms with Crippen molar-refractivity contribution < 1.29 is 5.11 Å². The fraction of sp³-hybridized carbons (Fsp3) is 0.200. The van der Waals surface area contributed by atoms with Crippen molar-refractivity contribution >= 4 is 15.9 Å². The minimum atomic E-state index is -0.0469. The molecule has 0 fully saturated rings. The standard InChI is InChI=1S/C10H12BrNO/c1-2-3-9(12)7-4-5-10(13)8(11)6-7/h2,4-6,9,13H,1,3,12H2. The number of nitrogens with two attached hydrogens (primary N) is 1. The van der Waals surface area contributed by atoms with Crippen LogP contribution in [0.15, 0.2) is 35.3 Å². The summed E-state index contributed by atoms with van der Waals surface area (Å²) in [5.74, 6) is 0.231. The van der Waals surface area contributed by atoms with E-state index in [1.54, 1.807) is 12.1 Å². The molecule has 0 aliphatic carbocycles. The minimum absolute atomic E-state index is 0.0469. The Bertz CT molecular complexity index is 312. The number of hydrogen-bond acceptors (Lipinski definition) is 2. The maximum absolute atomic E-state index is 9.25. The molecule has 0 saturated carbocycles. The number of rotatable bonds is 3. The largest absolute Gasteiger partial charge is 0.507 e. The molecule has 0 aliphatic heterocycles. The molecule has 70 valence electrons. The van der Waals surface area contributed by atoms with Gasteiger partial charge >= 0.3 is 0 Å². The Morgan fingerprint density at radius 1 is 1.62 bits per heavy atom. The summed E-state index contributed by atoms with van der Waals surface area (Å²) in [6, 6.07) is 5.22. The molecule has 0 amide bonds. The molecule has 0 spiro atoms. The van der Waals surface area contributed by atoms with Crippen molar-refractivity contribution in [3.63, 3.8) is 0 Å². The Morgan fingerprint density at radius 2 is 2.31 bits per heavy atom. The Balaban J connectivity index is 2.89. The lowest BCUT2D eigenvalue weighted by molar-refractivity contribution is 0.471. The summed E-state index contributed by atoms with van der Waals surface area (Å²) in [7, 11) is 0. The summed E-state index contributed by atoms with van der Waals surface area (Å²) >= 11 is 3.23. The highest BCUT2D eigenvalue weighted by Crippen LogP contribution is 2.27. The summed E-state index contributed by atoms with van der Waals surface area (Å²) in [5.41, 5.74) is 6.84. The molecule has 0 aromatic heterocycles. The molecular formula is C10H12BrNO. The van der Waals surface area contributed by atoms with Crippen LogP contribution in [0.1, 0.15) is 18.0 Å². The van der Waals surface area contributed by atoms with Crippen molar-refractivity contribution in [3.8, 4) is 5.75 Å². The third-order valence-corrected chi connectivity index (χ3v) is 2.46. The number of benzene rings is 1. The number of hydrogen-bond donors (Lipinski definition) is 2.